The quantitative estimate of drug-likeness (QED) is 0.646. The second-order valence-corrected chi connectivity index (χ2v) is 7.98. The van der Waals surface area contributed by atoms with Crippen molar-refractivity contribution in [2.75, 3.05) is 17.3 Å². The minimum atomic E-state index is -0.343. The third kappa shape index (κ3) is 4.72. The van der Waals surface area contributed by atoms with Crippen molar-refractivity contribution in [3.63, 3.8) is 0 Å². The third-order valence-corrected chi connectivity index (χ3v) is 5.86. The number of pyridine rings is 1. The fourth-order valence-electron chi connectivity index (χ4n) is 4.18. The Bertz CT molecular complexity index is 1090. The van der Waals surface area contributed by atoms with E-state index in [-0.39, 0.29) is 18.2 Å². The number of aromatic nitrogens is 3. The van der Waals surface area contributed by atoms with Gasteiger partial charge in [0, 0.05) is 42.8 Å². The Morgan fingerprint density at radius 1 is 1.12 bits per heavy atom. The Hall–Kier alpha value is -3.86. The minimum Gasteiger partial charge on any atom is -0.452 e. The van der Waals surface area contributed by atoms with E-state index in [0.29, 0.717) is 5.56 Å². The minimum absolute atomic E-state index is 0.0682. The summed E-state index contributed by atoms with van der Waals surface area (Å²) in [6, 6.07) is 13.9. The number of nitriles is 1. The van der Waals surface area contributed by atoms with E-state index in [4.69, 9.17) is 10.00 Å². The topological polar surface area (TPSA) is 96.1 Å². The van der Waals surface area contributed by atoms with Gasteiger partial charge < -0.3 is 10.1 Å². The highest BCUT2D eigenvalue weighted by molar-refractivity contribution is 5.88. The SMILES string of the molecule is COC(=O)N(c1ccc(-c2cnn(C)c2)cc1)[C@H]1CC[C@H](Nc2ccc(C#N)cn2)CC1. The molecule has 0 spiro atoms. The molecule has 0 aliphatic heterocycles. The van der Waals surface area contributed by atoms with Crippen LogP contribution in [-0.4, -0.2) is 40.1 Å². The van der Waals surface area contributed by atoms with E-state index < -0.39 is 0 Å². The molecule has 0 unspecified atom stereocenters. The Kier molecular flexibility index (Phi) is 6.36. The molecule has 1 saturated carbocycles. The molecule has 32 heavy (non-hydrogen) atoms. The summed E-state index contributed by atoms with van der Waals surface area (Å²) >= 11 is 0. The zero-order valence-corrected chi connectivity index (χ0v) is 18.2. The number of rotatable bonds is 5. The van der Waals surface area contributed by atoms with Gasteiger partial charge in [-0.1, -0.05) is 12.1 Å². The number of nitrogens with zero attached hydrogens (tertiary/aromatic N) is 5. The van der Waals surface area contributed by atoms with Crippen LogP contribution < -0.4 is 10.2 Å². The van der Waals surface area contributed by atoms with Crippen molar-refractivity contribution in [3.8, 4) is 17.2 Å². The molecule has 2 heterocycles. The van der Waals surface area contributed by atoms with Crippen molar-refractivity contribution < 1.29 is 9.53 Å². The molecule has 8 heteroatoms. The standard InChI is InChI=1S/C24H26N6O2/c1-29-16-19(15-27-29)18-4-8-21(9-5-18)30(24(31)32-2)22-10-6-20(7-11-22)28-23-12-3-17(13-25)14-26-23/h3-5,8-9,12,14-16,20,22H,6-7,10-11H2,1-2H3,(H,26,28)/t20-,22-. The number of hydrogen-bond acceptors (Lipinski definition) is 6. The average molecular weight is 431 g/mol. The summed E-state index contributed by atoms with van der Waals surface area (Å²) in [6.07, 6.45) is 8.54. The first-order valence-corrected chi connectivity index (χ1v) is 10.7. The first-order chi connectivity index (χ1) is 15.6. The lowest BCUT2D eigenvalue weighted by molar-refractivity contribution is 0.173. The number of ether oxygens (including phenoxy) is 1. The highest BCUT2D eigenvalue weighted by atomic mass is 16.5. The Labute approximate surface area is 187 Å². The molecule has 1 N–H and O–H groups in total. The summed E-state index contributed by atoms with van der Waals surface area (Å²) in [4.78, 5) is 18.7. The van der Waals surface area contributed by atoms with Gasteiger partial charge in [0.15, 0.2) is 0 Å². The number of benzene rings is 1. The molecular formula is C24H26N6O2. The van der Waals surface area contributed by atoms with Gasteiger partial charge in [-0.15, -0.1) is 0 Å². The molecule has 4 rings (SSSR count). The zero-order chi connectivity index (χ0) is 22.5. The Morgan fingerprint density at radius 3 is 2.44 bits per heavy atom. The second kappa shape index (κ2) is 9.52. The van der Waals surface area contributed by atoms with Crippen molar-refractivity contribution in [3.05, 3.63) is 60.6 Å². The van der Waals surface area contributed by atoms with Crippen molar-refractivity contribution >= 4 is 17.6 Å². The fraction of sp³-hybridized carbons (Fsp3) is 0.333. The monoisotopic (exact) mass is 430 g/mol. The molecule has 3 aromatic rings. The van der Waals surface area contributed by atoms with E-state index in [9.17, 15) is 4.79 Å². The number of anilines is 2. The molecule has 1 aliphatic rings. The molecule has 8 nitrogen and oxygen atoms in total. The summed E-state index contributed by atoms with van der Waals surface area (Å²) in [5.41, 5.74) is 3.46. The first-order valence-electron chi connectivity index (χ1n) is 10.7. The molecule has 2 aromatic heterocycles. The summed E-state index contributed by atoms with van der Waals surface area (Å²) < 4.78 is 6.87. The number of aryl methyl sites for hydroxylation is 1. The zero-order valence-electron chi connectivity index (χ0n) is 18.2. The number of nitrogens with one attached hydrogen (secondary N) is 1. The highest BCUT2D eigenvalue weighted by Crippen LogP contribution is 2.31. The molecule has 0 radical (unpaired) electrons. The number of amides is 1. The Morgan fingerprint density at radius 2 is 1.88 bits per heavy atom. The molecule has 1 fully saturated rings. The second-order valence-electron chi connectivity index (χ2n) is 7.98. The van der Waals surface area contributed by atoms with E-state index in [0.717, 1.165) is 48.3 Å². The van der Waals surface area contributed by atoms with Crippen LogP contribution in [0.4, 0.5) is 16.3 Å². The van der Waals surface area contributed by atoms with Crippen molar-refractivity contribution in [1.29, 1.82) is 5.26 Å². The largest absolute Gasteiger partial charge is 0.452 e. The van der Waals surface area contributed by atoms with Crippen LogP contribution in [0.25, 0.3) is 11.1 Å². The first kappa shape index (κ1) is 21.4. The van der Waals surface area contributed by atoms with Crippen LogP contribution in [0.5, 0.6) is 0 Å². The molecule has 0 saturated heterocycles. The van der Waals surface area contributed by atoms with Gasteiger partial charge in [0.25, 0.3) is 0 Å². The van der Waals surface area contributed by atoms with Gasteiger partial charge >= 0.3 is 6.09 Å². The number of methoxy groups -OCH3 is 1. The normalized spacial score (nSPS) is 17.9. The lowest BCUT2D eigenvalue weighted by Crippen LogP contribution is -2.44. The van der Waals surface area contributed by atoms with E-state index >= 15 is 0 Å². The van der Waals surface area contributed by atoms with Gasteiger partial charge in [-0.25, -0.2) is 9.78 Å². The van der Waals surface area contributed by atoms with Gasteiger partial charge in [0.1, 0.15) is 11.9 Å². The highest BCUT2D eigenvalue weighted by Gasteiger charge is 2.30. The van der Waals surface area contributed by atoms with E-state index in [1.165, 1.54) is 7.11 Å². The summed E-state index contributed by atoms with van der Waals surface area (Å²) in [6.45, 7) is 0. The van der Waals surface area contributed by atoms with Gasteiger partial charge in [-0.05, 0) is 55.5 Å². The molecule has 0 atom stereocenters. The third-order valence-electron chi connectivity index (χ3n) is 5.86. The smallest absolute Gasteiger partial charge is 0.414 e. The lowest BCUT2D eigenvalue weighted by Gasteiger charge is -2.36. The molecular weight excluding hydrogens is 404 g/mol. The maximum Gasteiger partial charge on any atom is 0.414 e. The predicted octanol–water partition coefficient (Wildman–Crippen LogP) is 4.35. The van der Waals surface area contributed by atoms with Gasteiger partial charge in [-0.3, -0.25) is 9.58 Å². The van der Waals surface area contributed by atoms with Crippen molar-refractivity contribution in [2.24, 2.45) is 7.05 Å². The summed E-state index contributed by atoms with van der Waals surface area (Å²) in [5.74, 6) is 0.767. The fourth-order valence-corrected chi connectivity index (χ4v) is 4.18. The van der Waals surface area contributed by atoms with Crippen LogP contribution in [0.1, 0.15) is 31.2 Å². The summed E-state index contributed by atoms with van der Waals surface area (Å²) in [5, 5.41) is 16.6. The van der Waals surface area contributed by atoms with E-state index in [1.54, 1.807) is 21.8 Å². The molecule has 1 aromatic carbocycles. The number of carbonyl (C=O) groups is 1. The van der Waals surface area contributed by atoms with Crippen LogP contribution in [0.3, 0.4) is 0 Å². The van der Waals surface area contributed by atoms with Crippen LogP contribution in [0.2, 0.25) is 0 Å². The van der Waals surface area contributed by atoms with Gasteiger partial charge in [0.05, 0.1) is 18.9 Å². The Balaban J connectivity index is 1.42. The number of hydrogen-bond donors (Lipinski definition) is 1. The van der Waals surface area contributed by atoms with E-state index in [1.807, 2.05) is 49.8 Å². The lowest BCUT2D eigenvalue weighted by atomic mass is 9.90. The van der Waals surface area contributed by atoms with Crippen molar-refractivity contribution in [1.82, 2.24) is 14.8 Å². The molecule has 0 bridgehead atoms. The number of carbonyl (C=O) groups excluding carboxylic acids is 1. The van der Waals surface area contributed by atoms with Gasteiger partial charge in [0.2, 0.25) is 0 Å². The van der Waals surface area contributed by atoms with Crippen LogP contribution in [-0.2, 0) is 11.8 Å². The summed E-state index contributed by atoms with van der Waals surface area (Å²) in [7, 11) is 3.31. The molecule has 1 amide bonds. The van der Waals surface area contributed by atoms with Crippen molar-refractivity contribution in [2.45, 2.75) is 37.8 Å². The maximum absolute atomic E-state index is 12.6. The molecule has 1 aliphatic carbocycles. The van der Waals surface area contributed by atoms with Crippen LogP contribution in [0.15, 0.2) is 55.0 Å². The van der Waals surface area contributed by atoms with Crippen LogP contribution >= 0.6 is 0 Å². The predicted molar refractivity (Wildman–Crippen MR) is 122 cm³/mol. The molecule has 164 valence electrons. The van der Waals surface area contributed by atoms with Gasteiger partial charge in [-0.2, -0.15) is 10.4 Å². The van der Waals surface area contributed by atoms with E-state index in [2.05, 4.69) is 21.5 Å². The average Bonchev–Trinajstić information content (AvgIpc) is 3.27. The van der Waals surface area contributed by atoms with Crippen LogP contribution in [0, 0.1) is 11.3 Å². The maximum atomic E-state index is 12.6.